The van der Waals surface area contributed by atoms with Gasteiger partial charge in [0.25, 0.3) is 0 Å². The van der Waals surface area contributed by atoms with Crippen molar-refractivity contribution in [1.29, 1.82) is 0 Å². The Morgan fingerprint density at radius 2 is 2.20 bits per heavy atom. The van der Waals surface area contributed by atoms with E-state index in [1.165, 1.54) is 0 Å². The number of nitrogens with two attached hydrogens (primary N) is 1. The highest BCUT2D eigenvalue weighted by Crippen LogP contribution is 2.24. The molecule has 2 rings (SSSR count). The lowest BCUT2D eigenvalue weighted by Crippen LogP contribution is -2.45. The van der Waals surface area contributed by atoms with E-state index in [0.29, 0.717) is 13.1 Å². The van der Waals surface area contributed by atoms with Crippen LogP contribution in [0.25, 0.3) is 10.9 Å². The maximum absolute atomic E-state index is 9.89. The molecular formula is C15H23N3O2. The van der Waals surface area contributed by atoms with E-state index in [0.717, 1.165) is 16.7 Å². The average molecular weight is 277 g/mol. The van der Waals surface area contributed by atoms with Gasteiger partial charge in [-0.3, -0.25) is 0 Å². The van der Waals surface area contributed by atoms with E-state index >= 15 is 0 Å². The summed E-state index contributed by atoms with van der Waals surface area (Å²) in [5.41, 5.74) is 6.61. The van der Waals surface area contributed by atoms with Crippen LogP contribution in [0.15, 0.2) is 30.5 Å². The Balaban J connectivity index is 1.81. The topological polar surface area (TPSA) is 83.3 Å². The SMILES string of the molecule is CC(C)(N)CNC[C@@H](O)COc1cccc2[nH]ccc12. The third-order valence-corrected chi connectivity index (χ3v) is 2.95. The Bertz CT molecular complexity index is 545. The zero-order valence-corrected chi connectivity index (χ0v) is 12.0. The van der Waals surface area contributed by atoms with Crippen molar-refractivity contribution in [3.8, 4) is 5.75 Å². The molecule has 0 aliphatic rings. The number of aliphatic hydroxyl groups excluding tert-OH is 1. The number of nitrogens with one attached hydrogen (secondary N) is 2. The number of rotatable bonds is 7. The fourth-order valence-corrected chi connectivity index (χ4v) is 1.99. The molecule has 5 nitrogen and oxygen atoms in total. The zero-order valence-electron chi connectivity index (χ0n) is 12.0. The fraction of sp³-hybridized carbons (Fsp3) is 0.467. The summed E-state index contributed by atoms with van der Waals surface area (Å²) in [7, 11) is 0. The number of ether oxygens (including phenoxy) is 1. The van der Waals surface area contributed by atoms with Crippen molar-refractivity contribution in [2.45, 2.75) is 25.5 Å². The number of aliphatic hydroxyl groups is 1. The van der Waals surface area contributed by atoms with Crippen molar-refractivity contribution >= 4 is 10.9 Å². The Morgan fingerprint density at radius 1 is 1.40 bits per heavy atom. The second-order valence-electron chi connectivity index (χ2n) is 5.78. The third kappa shape index (κ3) is 4.23. The largest absolute Gasteiger partial charge is 0.490 e. The van der Waals surface area contributed by atoms with Gasteiger partial charge in [-0.05, 0) is 32.0 Å². The van der Waals surface area contributed by atoms with Crippen LogP contribution in [0.3, 0.4) is 0 Å². The van der Waals surface area contributed by atoms with Crippen molar-refractivity contribution in [2.75, 3.05) is 19.7 Å². The maximum atomic E-state index is 9.89. The summed E-state index contributed by atoms with van der Waals surface area (Å²) in [4.78, 5) is 3.13. The molecule has 2 aromatic rings. The van der Waals surface area contributed by atoms with Crippen molar-refractivity contribution in [3.05, 3.63) is 30.5 Å². The summed E-state index contributed by atoms with van der Waals surface area (Å²) in [6.45, 7) is 5.24. The first kappa shape index (κ1) is 14.8. The highest BCUT2D eigenvalue weighted by atomic mass is 16.5. The van der Waals surface area contributed by atoms with Crippen LogP contribution in [0.1, 0.15) is 13.8 Å². The van der Waals surface area contributed by atoms with Crippen LogP contribution in [0.2, 0.25) is 0 Å². The molecule has 5 heteroatoms. The highest BCUT2D eigenvalue weighted by Gasteiger charge is 2.12. The predicted molar refractivity (Wildman–Crippen MR) is 80.9 cm³/mol. The van der Waals surface area contributed by atoms with Gasteiger partial charge >= 0.3 is 0 Å². The molecule has 0 radical (unpaired) electrons. The third-order valence-electron chi connectivity index (χ3n) is 2.95. The van der Waals surface area contributed by atoms with Gasteiger partial charge in [-0.15, -0.1) is 0 Å². The molecule has 0 saturated carbocycles. The lowest BCUT2D eigenvalue weighted by atomic mass is 10.1. The summed E-state index contributed by atoms with van der Waals surface area (Å²) >= 11 is 0. The van der Waals surface area contributed by atoms with Crippen LogP contribution in [-0.4, -0.2) is 41.4 Å². The summed E-state index contributed by atoms with van der Waals surface area (Å²) in [6, 6.07) is 7.78. The Morgan fingerprint density at radius 3 is 2.95 bits per heavy atom. The van der Waals surface area contributed by atoms with Crippen LogP contribution < -0.4 is 15.8 Å². The Kier molecular flexibility index (Phi) is 4.65. The monoisotopic (exact) mass is 277 g/mol. The molecule has 0 unspecified atom stereocenters. The van der Waals surface area contributed by atoms with Crippen LogP contribution in [0.4, 0.5) is 0 Å². The predicted octanol–water partition coefficient (Wildman–Crippen LogP) is 1.23. The molecule has 0 bridgehead atoms. The minimum atomic E-state index is -0.563. The van der Waals surface area contributed by atoms with Crippen LogP contribution in [0, 0.1) is 0 Å². The summed E-state index contributed by atoms with van der Waals surface area (Å²) in [5.74, 6) is 0.780. The molecule has 0 amide bonds. The number of hydrogen-bond donors (Lipinski definition) is 4. The number of H-pyrrole nitrogens is 1. The second-order valence-corrected chi connectivity index (χ2v) is 5.78. The molecule has 1 atom stereocenters. The first-order valence-corrected chi connectivity index (χ1v) is 6.82. The van der Waals surface area contributed by atoms with Gasteiger partial charge in [0.05, 0.1) is 0 Å². The summed E-state index contributed by atoms with van der Waals surface area (Å²) in [6.07, 6.45) is 1.31. The number of fused-ring (bicyclic) bond motifs is 1. The maximum Gasteiger partial charge on any atom is 0.128 e. The summed E-state index contributed by atoms with van der Waals surface area (Å²) < 4.78 is 5.68. The van der Waals surface area contributed by atoms with Crippen molar-refractivity contribution in [1.82, 2.24) is 10.3 Å². The van der Waals surface area contributed by atoms with Gasteiger partial charge in [-0.25, -0.2) is 0 Å². The number of hydrogen-bond acceptors (Lipinski definition) is 4. The minimum absolute atomic E-state index is 0.252. The van der Waals surface area contributed by atoms with Crippen molar-refractivity contribution < 1.29 is 9.84 Å². The lowest BCUT2D eigenvalue weighted by Gasteiger charge is -2.20. The Labute approximate surface area is 119 Å². The standard InChI is InChI=1S/C15H23N3O2/c1-15(2,16)10-17-8-11(19)9-20-14-5-3-4-13-12(14)6-7-18-13/h3-7,11,17-19H,8-10,16H2,1-2H3/t11-/m1/s1. The number of aromatic amines is 1. The molecule has 0 fully saturated rings. The van der Waals surface area contributed by atoms with Gasteiger partial charge in [0.1, 0.15) is 18.5 Å². The van der Waals surface area contributed by atoms with Gasteiger partial charge in [0.15, 0.2) is 0 Å². The first-order chi connectivity index (χ1) is 9.46. The van der Waals surface area contributed by atoms with Crippen LogP contribution in [-0.2, 0) is 0 Å². The van der Waals surface area contributed by atoms with E-state index in [-0.39, 0.29) is 12.1 Å². The lowest BCUT2D eigenvalue weighted by molar-refractivity contribution is 0.106. The molecule has 1 aromatic carbocycles. The molecule has 1 heterocycles. The molecule has 0 spiro atoms. The summed E-state index contributed by atoms with van der Waals surface area (Å²) in [5, 5.41) is 14.1. The molecule has 110 valence electrons. The molecular weight excluding hydrogens is 254 g/mol. The quantitative estimate of drug-likeness (QED) is 0.613. The number of benzene rings is 1. The van der Waals surface area contributed by atoms with Crippen molar-refractivity contribution in [3.63, 3.8) is 0 Å². The van der Waals surface area contributed by atoms with Gasteiger partial charge in [-0.1, -0.05) is 6.07 Å². The fourth-order valence-electron chi connectivity index (χ4n) is 1.99. The molecule has 1 aromatic heterocycles. The van der Waals surface area contributed by atoms with Gasteiger partial charge in [-0.2, -0.15) is 0 Å². The molecule has 20 heavy (non-hydrogen) atoms. The average Bonchev–Trinajstić information content (AvgIpc) is 2.83. The number of aromatic nitrogens is 1. The van der Waals surface area contributed by atoms with Crippen LogP contribution >= 0.6 is 0 Å². The van der Waals surface area contributed by atoms with E-state index in [2.05, 4.69) is 10.3 Å². The van der Waals surface area contributed by atoms with E-state index in [4.69, 9.17) is 10.5 Å². The first-order valence-electron chi connectivity index (χ1n) is 6.82. The van der Waals surface area contributed by atoms with E-state index in [1.807, 2.05) is 44.3 Å². The molecule has 0 aliphatic carbocycles. The van der Waals surface area contributed by atoms with E-state index in [9.17, 15) is 5.11 Å². The van der Waals surface area contributed by atoms with Gasteiger partial charge < -0.3 is 25.9 Å². The zero-order chi connectivity index (χ0) is 14.6. The van der Waals surface area contributed by atoms with Crippen LogP contribution in [0.5, 0.6) is 5.75 Å². The molecule has 5 N–H and O–H groups in total. The van der Waals surface area contributed by atoms with Gasteiger partial charge in [0, 0.05) is 35.7 Å². The normalized spacial score (nSPS) is 13.6. The second kappa shape index (κ2) is 6.26. The van der Waals surface area contributed by atoms with E-state index in [1.54, 1.807) is 0 Å². The molecule has 0 aliphatic heterocycles. The Hall–Kier alpha value is -1.56. The highest BCUT2D eigenvalue weighted by molar-refractivity contribution is 5.85. The van der Waals surface area contributed by atoms with Crippen molar-refractivity contribution in [2.24, 2.45) is 5.73 Å². The van der Waals surface area contributed by atoms with Gasteiger partial charge in [0.2, 0.25) is 0 Å². The minimum Gasteiger partial charge on any atom is -0.490 e. The smallest absolute Gasteiger partial charge is 0.128 e. The molecule has 0 saturated heterocycles. The van der Waals surface area contributed by atoms with E-state index < -0.39 is 6.10 Å².